The maximum atomic E-state index is 13.2. The van der Waals surface area contributed by atoms with Gasteiger partial charge in [0, 0.05) is 34.5 Å². The number of alkyl halides is 3. The summed E-state index contributed by atoms with van der Waals surface area (Å²) in [6, 6.07) is 19.1. The maximum absolute atomic E-state index is 13.2. The van der Waals surface area contributed by atoms with Crippen LogP contribution in [0.15, 0.2) is 83.3 Å². The van der Waals surface area contributed by atoms with Gasteiger partial charge in [-0.3, -0.25) is 9.69 Å². The van der Waals surface area contributed by atoms with Crippen LogP contribution in [0.3, 0.4) is 0 Å². The second-order valence-corrected chi connectivity index (χ2v) is 7.67. The van der Waals surface area contributed by atoms with Crippen molar-refractivity contribution in [2.45, 2.75) is 6.18 Å². The van der Waals surface area contributed by atoms with Crippen LogP contribution in [0, 0.1) is 0 Å². The zero-order chi connectivity index (χ0) is 23.1. The van der Waals surface area contributed by atoms with Crippen LogP contribution < -0.4 is 15.5 Å². The molecular formula is C23H19BrF3N3O2. The van der Waals surface area contributed by atoms with Gasteiger partial charge in [0.15, 0.2) is 0 Å². The lowest BCUT2D eigenvalue weighted by molar-refractivity contribution is -0.137. The van der Waals surface area contributed by atoms with E-state index in [1.54, 1.807) is 54.6 Å². The smallest absolute Gasteiger partial charge is 0.350 e. The molecule has 2 N–H and O–H groups in total. The van der Waals surface area contributed by atoms with Crippen molar-refractivity contribution in [2.24, 2.45) is 0 Å². The molecule has 0 atom stereocenters. The van der Waals surface area contributed by atoms with Gasteiger partial charge in [-0.25, -0.2) is 4.79 Å². The molecule has 3 aromatic carbocycles. The lowest BCUT2D eigenvalue weighted by Gasteiger charge is -2.24. The summed E-state index contributed by atoms with van der Waals surface area (Å²) >= 11 is 3.29. The van der Waals surface area contributed by atoms with Gasteiger partial charge >= 0.3 is 12.2 Å². The van der Waals surface area contributed by atoms with Crippen LogP contribution in [0.25, 0.3) is 0 Å². The Labute approximate surface area is 191 Å². The minimum atomic E-state index is -4.55. The summed E-state index contributed by atoms with van der Waals surface area (Å²) < 4.78 is 40.3. The highest BCUT2D eigenvalue weighted by molar-refractivity contribution is 9.10. The molecule has 0 aliphatic heterocycles. The Balaban J connectivity index is 1.76. The van der Waals surface area contributed by atoms with Crippen molar-refractivity contribution in [3.05, 3.63) is 94.5 Å². The second kappa shape index (κ2) is 10.3. The Morgan fingerprint density at radius 2 is 1.59 bits per heavy atom. The number of anilines is 2. The summed E-state index contributed by atoms with van der Waals surface area (Å²) in [6.45, 7) is -0.00437. The van der Waals surface area contributed by atoms with E-state index in [2.05, 4.69) is 26.6 Å². The maximum Gasteiger partial charge on any atom is 0.416 e. The first-order chi connectivity index (χ1) is 15.2. The molecule has 9 heteroatoms. The molecule has 0 unspecified atom stereocenters. The number of urea groups is 1. The molecule has 166 valence electrons. The molecule has 0 saturated heterocycles. The predicted octanol–water partition coefficient (Wildman–Crippen LogP) is 5.94. The fourth-order valence-corrected chi connectivity index (χ4v) is 3.16. The van der Waals surface area contributed by atoms with Crippen molar-refractivity contribution in [1.29, 1.82) is 0 Å². The van der Waals surface area contributed by atoms with Gasteiger partial charge in [-0.05, 0) is 54.6 Å². The van der Waals surface area contributed by atoms with E-state index in [1.165, 1.54) is 12.1 Å². The van der Waals surface area contributed by atoms with Gasteiger partial charge in [0.25, 0.3) is 5.91 Å². The fourth-order valence-electron chi connectivity index (χ4n) is 2.90. The number of para-hydroxylation sites is 1. The average molecular weight is 506 g/mol. The minimum Gasteiger partial charge on any atom is -0.350 e. The molecule has 0 aliphatic carbocycles. The Morgan fingerprint density at radius 3 is 2.25 bits per heavy atom. The molecule has 0 spiro atoms. The summed E-state index contributed by atoms with van der Waals surface area (Å²) in [5.74, 6) is -0.357. The Hall–Kier alpha value is -3.33. The average Bonchev–Trinajstić information content (AvgIpc) is 2.77. The van der Waals surface area contributed by atoms with Gasteiger partial charge < -0.3 is 10.6 Å². The molecule has 5 nitrogen and oxygen atoms in total. The summed E-state index contributed by atoms with van der Waals surface area (Å²) in [6.07, 6.45) is -4.55. The van der Waals surface area contributed by atoms with Crippen molar-refractivity contribution < 1.29 is 22.8 Å². The van der Waals surface area contributed by atoms with E-state index >= 15 is 0 Å². The number of nitrogens with one attached hydrogen (secondary N) is 2. The van der Waals surface area contributed by atoms with E-state index in [0.29, 0.717) is 11.3 Å². The lowest BCUT2D eigenvalue weighted by atomic mass is 10.2. The number of amides is 3. The van der Waals surface area contributed by atoms with E-state index < -0.39 is 17.8 Å². The van der Waals surface area contributed by atoms with Crippen LogP contribution >= 0.6 is 15.9 Å². The topological polar surface area (TPSA) is 61.4 Å². The van der Waals surface area contributed by atoms with Crippen molar-refractivity contribution in [2.75, 3.05) is 23.3 Å². The highest BCUT2D eigenvalue weighted by Crippen LogP contribution is 2.31. The highest BCUT2D eigenvalue weighted by atomic mass is 79.9. The van der Waals surface area contributed by atoms with E-state index in [-0.39, 0.29) is 24.7 Å². The quantitative estimate of drug-likeness (QED) is 0.435. The molecule has 0 fully saturated rings. The van der Waals surface area contributed by atoms with E-state index in [4.69, 9.17) is 0 Å². The molecule has 3 rings (SSSR count). The standard InChI is InChI=1S/C23H19BrF3N3O2/c24-18-11-9-16(10-12-18)21(31)28-13-14-30(22(32)29-19-6-2-1-3-7-19)20-8-4-5-17(15-20)23(25,26)27/h1-12,15H,13-14H2,(H,28,31)(H,29,32). The molecule has 0 aliphatic rings. The predicted molar refractivity (Wildman–Crippen MR) is 121 cm³/mol. The lowest BCUT2D eigenvalue weighted by Crippen LogP contribution is -2.41. The molecule has 0 bridgehead atoms. The van der Waals surface area contributed by atoms with Gasteiger partial charge in [0.05, 0.1) is 5.56 Å². The number of hydrogen-bond acceptors (Lipinski definition) is 2. The Morgan fingerprint density at radius 1 is 0.906 bits per heavy atom. The monoisotopic (exact) mass is 505 g/mol. The number of carbonyl (C=O) groups excluding carboxylic acids is 2. The third-order valence-electron chi connectivity index (χ3n) is 4.48. The number of halogens is 4. The van der Waals surface area contributed by atoms with Crippen LogP contribution in [0.1, 0.15) is 15.9 Å². The van der Waals surface area contributed by atoms with Crippen LogP contribution in [-0.2, 0) is 6.18 Å². The largest absolute Gasteiger partial charge is 0.416 e. The zero-order valence-electron chi connectivity index (χ0n) is 16.7. The number of nitrogens with zero attached hydrogens (tertiary/aromatic N) is 1. The Kier molecular flexibility index (Phi) is 7.53. The number of benzene rings is 3. The number of rotatable bonds is 6. The third kappa shape index (κ3) is 6.34. The van der Waals surface area contributed by atoms with Crippen LogP contribution in [0.4, 0.5) is 29.3 Å². The van der Waals surface area contributed by atoms with Gasteiger partial charge in [-0.2, -0.15) is 13.2 Å². The Bertz CT molecular complexity index is 1070. The van der Waals surface area contributed by atoms with E-state index in [9.17, 15) is 22.8 Å². The molecule has 32 heavy (non-hydrogen) atoms. The second-order valence-electron chi connectivity index (χ2n) is 6.76. The molecule has 0 heterocycles. The van der Waals surface area contributed by atoms with Crippen molar-refractivity contribution in [1.82, 2.24) is 5.32 Å². The van der Waals surface area contributed by atoms with Gasteiger partial charge in [-0.1, -0.05) is 40.2 Å². The zero-order valence-corrected chi connectivity index (χ0v) is 18.3. The van der Waals surface area contributed by atoms with Gasteiger partial charge in [0.1, 0.15) is 0 Å². The van der Waals surface area contributed by atoms with E-state index in [0.717, 1.165) is 21.5 Å². The first kappa shape index (κ1) is 23.3. The van der Waals surface area contributed by atoms with Crippen molar-refractivity contribution in [3.8, 4) is 0 Å². The number of hydrogen-bond donors (Lipinski definition) is 2. The normalized spacial score (nSPS) is 11.0. The molecular weight excluding hydrogens is 487 g/mol. The molecule has 3 amide bonds. The first-order valence-electron chi connectivity index (χ1n) is 9.58. The molecule has 3 aromatic rings. The molecule has 0 radical (unpaired) electrons. The summed E-state index contributed by atoms with van der Waals surface area (Å²) in [4.78, 5) is 26.4. The highest BCUT2D eigenvalue weighted by Gasteiger charge is 2.31. The van der Waals surface area contributed by atoms with Crippen molar-refractivity contribution in [3.63, 3.8) is 0 Å². The summed E-state index contributed by atoms with van der Waals surface area (Å²) in [7, 11) is 0. The molecule has 0 saturated carbocycles. The summed E-state index contributed by atoms with van der Waals surface area (Å²) in [5.41, 5.74) is 0.110. The minimum absolute atomic E-state index is 0.0351. The fraction of sp³-hybridized carbons (Fsp3) is 0.130. The summed E-state index contributed by atoms with van der Waals surface area (Å²) in [5, 5.41) is 5.35. The van der Waals surface area contributed by atoms with Crippen molar-refractivity contribution >= 4 is 39.2 Å². The number of carbonyl (C=O) groups is 2. The first-order valence-corrected chi connectivity index (χ1v) is 10.4. The van der Waals surface area contributed by atoms with E-state index in [1.807, 2.05) is 0 Å². The van der Waals surface area contributed by atoms with Crippen LogP contribution in [0.2, 0.25) is 0 Å². The van der Waals surface area contributed by atoms with Crippen LogP contribution in [-0.4, -0.2) is 25.0 Å². The van der Waals surface area contributed by atoms with Gasteiger partial charge in [0.2, 0.25) is 0 Å². The van der Waals surface area contributed by atoms with Gasteiger partial charge in [-0.15, -0.1) is 0 Å². The third-order valence-corrected chi connectivity index (χ3v) is 5.01. The van der Waals surface area contributed by atoms with Crippen LogP contribution in [0.5, 0.6) is 0 Å². The SMILES string of the molecule is O=C(NCCN(C(=O)Nc1ccccc1)c1cccc(C(F)(F)F)c1)c1ccc(Br)cc1. The molecule has 0 aromatic heterocycles.